The number of para-hydroxylation sites is 1. The van der Waals surface area contributed by atoms with Crippen molar-refractivity contribution in [1.29, 1.82) is 0 Å². The summed E-state index contributed by atoms with van der Waals surface area (Å²) in [6.45, 7) is 3.59. The average Bonchev–Trinajstić information content (AvgIpc) is 3.40. The van der Waals surface area contributed by atoms with E-state index in [2.05, 4.69) is 9.62 Å². The Hall–Kier alpha value is -2.53. The van der Waals surface area contributed by atoms with Crippen molar-refractivity contribution in [3.05, 3.63) is 53.4 Å². The van der Waals surface area contributed by atoms with Crippen LogP contribution in [0.5, 0.6) is 0 Å². The zero-order chi connectivity index (χ0) is 22.8. The van der Waals surface area contributed by atoms with Gasteiger partial charge in [0.25, 0.3) is 5.91 Å². The minimum atomic E-state index is -3.48. The lowest BCUT2D eigenvalue weighted by atomic mass is 10.0. The number of sulfonamides is 1. The summed E-state index contributed by atoms with van der Waals surface area (Å²) in [4.78, 5) is 22.1. The lowest BCUT2D eigenvalue weighted by molar-refractivity contribution is 0.0304. The third-order valence-electron chi connectivity index (χ3n) is 6.13. The molecule has 33 heavy (non-hydrogen) atoms. The van der Waals surface area contributed by atoms with Crippen LogP contribution in [-0.4, -0.2) is 69.6 Å². The Labute approximate surface area is 197 Å². The predicted octanol–water partition coefficient (Wildman–Crippen LogP) is 2.72. The summed E-state index contributed by atoms with van der Waals surface area (Å²) in [5.41, 5.74) is 1.44. The summed E-state index contributed by atoms with van der Waals surface area (Å²) in [6.07, 6.45) is 1.34. The number of thiophene rings is 1. The van der Waals surface area contributed by atoms with Gasteiger partial charge in [-0.05, 0) is 36.4 Å². The molecular formula is C23H26N4O4S2. The molecule has 0 aliphatic carbocycles. The van der Waals surface area contributed by atoms with Crippen molar-refractivity contribution in [2.75, 3.05) is 44.3 Å². The fourth-order valence-corrected chi connectivity index (χ4v) is 6.67. The van der Waals surface area contributed by atoms with Gasteiger partial charge in [-0.25, -0.2) is 18.1 Å². The van der Waals surface area contributed by atoms with Crippen LogP contribution in [-0.2, 0) is 14.8 Å². The van der Waals surface area contributed by atoms with Crippen LogP contribution >= 0.6 is 11.3 Å². The number of hydrogen-bond donors (Lipinski definition) is 1. The molecule has 5 rings (SSSR count). The fraction of sp³-hybridized carbons (Fsp3) is 0.391. The Morgan fingerprint density at radius 1 is 1.06 bits per heavy atom. The van der Waals surface area contributed by atoms with Crippen LogP contribution in [0.2, 0.25) is 0 Å². The number of hydrogen-bond acceptors (Lipinski definition) is 7. The Morgan fingerprint density at radius 2 is 1.82 bits per heavy atom. The largest absolute Gasteiger partial charge is 0.378 e. The maximum absolute atomic E-state index is 13.3. The van der Waals surface area contributed by atoms with E-state index in [9.17, 15) is 13.2 Å². The summed E-state index contributed by atoms with van der Waals surface area (Å²) < 4.78 is 33.7. The van der Waals surface area contributed by atoms with Crippen LogP contribution in [0.3, 0.4) is 0 Å². The molecule has 10 heteroatoms. The Morgan fingerprint density at radius 3 is 2.55 bits per heavy atom. The van der Waals surface area contributed by atoms with Gasteiger partial charge in [0.15, 0.2) is 0 Å². The number of pyridine rings is 1. The van der Waals surface area contributed by atoms with Crippen LogP contribution in [0.15, 0.2) is 52.1 Å². The smallest absolute Gasteiger partial charge is 0.254 e. The molecule has 4 heterocycles. The van der Waals surface area contributed by atoms with E-state index in [1.165, 1.54) is 11.3 Å². The van der Waals surface area contributed by atoms with E-state index in [0.717, 1.165) is 16.7 Å². The quantitative estimate of drug-likeness (QED) is 0.596. The number of rotatable bonds is 5. The molecule has 0 spiro atoms. The van der Waals surface area contributed by atoms with Crippen LogP contribution in [0.4, 0.5) is 5.82 Å². The number of anilines is 1. The van der Waals surface area contributed by atoms with Crippen molar-refractivity contribution in [2.24, 2.45) is 0 Å². The number of carbonyl (C=O) groups excluding carboxylic acids is 1. The first-order valence-electron chi connectivity index (χ1n) is 11.1. The van der Waals surface area contributed by atoms with Crippen LogP contribution in [0.25, 0.3) is 10.9 Å². The number of aromatic nitrogens is 1. The van der Waals surface area contributed by atoms with Crippen LogP contribution < -0.4 is 9.62 Å². The van der Waals surface area contributed by atoms with Crippen molar-refractivity contribution < 1.29 is 17.9 Å². The number of ether oxygens (including phenoxy) is 1. The second-order valence-corrected chi connectivity index (χ2v) is 11.2. The summed E-state index contributed by atoms with van der Waals surface area (Å²) in [5.74, 6) is 0.751. The molecule has 8 nitrogen and oxygen atoms in total. The van der Waals surface area contributed by atoms with E-state index in [4.69, 9.17) is 9.72 Å². The number of carbonyl (C=O) groups is 1. The topological polar surface area (TPSA) is 91.8 Å². The highest BCUT2D eigenvalue weighted by Gasteiger charge is 2.27. The lowest BCUT2D eigenvalue weighted by Gasteiger charge is -2.33. The van der Waals surface area contributed by atoms with Gasteiger partial charge in [-0.1, -0.05) is 24.3 Å². The standard InChI is InChI=1S/C23H26N4O4S2/c28-23(27-11-13-31-14-12-27)19-16-21(24-20-5-2-1-4-18(19)20)26-9-7-17(8-10-26)25-33(29,30)22-6-3-15-32-22/h1-6,15-17,25H,7-14H2. The molecule has 0 atom stereocenters. The highest BCUT2D eigenvalue weighted by atomic mass is 32.2. The number of nitrogens with one attached hydrogen (secondary N) is 1. The second kappa shape index (κ2) is 9.38. The highest BCUT2D eigenvalue weighted by molar-refractivity contribution is 7.91. The van der Waals surface area contributed by atoms with Gasteiger partial charge in [0.2, 0.25) is 10.0 Å². The number of piperidine rings is 1. The SMILES string of the molecule is O=C(c1cc(N2CCC(NS(=O)(=O)c3cccs3)CC2)nc2ccccc12)N1CCOCC1. The molecule has 1 N–H and O–H groups in total. The molecule has 2 saturated heterocycles. The van der Waals surface area contributed by atoms with Crippen LogP contribution in [0, 0.1) is 0 Å². The summed E-state index contributed by atoms with van der Waals surface area (Å²) in [5, 5.41) is 2.61. The molecule has 2 aliphatic rings. The molecule has 2 aliphatic heterocycles. The van der Waals surface area contributed by atoms with Crippen molar-refractivity contribution in [3.8, 4) is 0 Å². The maximum Gasteiger partial charge on any atom is 0.254 e. The Balaban J connectivity index is 1.34. The minimum absolute atomic E-state index is 0.00301. The van der Waals surface area contributed by atoms with E-state index < -0.39 is 10.0 Å². The number of benzene rings is 1. The van der Waals surface area contributed by atoms with Gasteiger partial charge < -0.3 is 14.5 Å². The number of nitrogens with zero attached hydrogens (tertiary/aromatic N) is 3. The van der Waals surface area contributed by atoms with Crippen molar-refractivity contribution in [3.63, 3.8) is 0 Å². The Kier molecular flexibility index (Phi) is 6.33. The Bertz CT molecular complexity index is 1230. The number of morpholine rings is 1. The van der Waals surface area contributed by atoms with Gasteiger partial charge in [-0.3, -0.25) is 4.79 Å². The molecule has 1 amide bonds. The third kappa shape index (κ3) is 4.74. The van der Waals surface area contributed by atoms with E-state index in [1.807, 2.05) is 35.2 Å². The van der Waals surface area contributed by atoms with E-state index in [0.29, 0.717) is 62.0 Å². The highest BCUT2D eigenvalue weighted by Crippen LogP contribution is 2.27. The van der Waals surface area contributed by atoms with Crippen molar-refractivity contribution >= 4 is 44.0 Å². The van der Waals surface area contributed by atoms with Crippen LogP contribution in [0.1, 0.15) is 23.2 Å². The molecule has 0 bridgehead atoms. The third-order valence-corrected chi connectivity index (χ3v) is 9.05. The molecule has 3 aromatic rings. The monoisotopic (exact) mass is 486 g/mol. The molecule has 2 aromatic heterocycles. The molecular weight excluding hydrogens is 460 g/mol. The lowest BCUT2D eigenvalue weighted by Crippen LogP contribution is -2.45. The molecule has 0 unspecified atom stereocenters. The summed E-state index contributed by atoms with van der Waals surface area (Å²) >= 11 is 1.22. The van der Waals surface area contributed by atoms with Gasteiger partial charge >= 0.3 is 0 Å². The number of amides is 1. The van der Waals surface area contributed by atoms with Gasteiger partial charge in [-0.15, -0.1) is 11.3 Å². The van der Waals surface area contributed by atoms with Gasteiger partial charge in [0.1, 0.15) is 10.0 Å². The minimum Gasteiger partial charge on any atom is -0.378 e. The van der Waals surface area contributed by atoms with Gasteiger partial charge in [0, 0.05) is 37.6 Å². The first-order chi connectivity index (χ1) is 16.0. The zero-order valence-electron chi connectivity index (χ0n) is 18.1. The molecule has 0 radical (unpaired) electrons. The van der Waals surface area contributed by atoms with E-state index in [1.54, 1.807) is 17.5 Å². The van der Waals surface area contributed by atoms with Crippen molar-refractivity contribution in [1.82, 2.24) is 14.6 Å². The molecule has 0 saturated carbocycles. The normalized spacial score (nSPS) is 18.1. The van der Waals surface area contributed by atoms with E-state index >= 15 is 0 Å². The maximum atomic E-state index is 13.3. The van der Waals surface area contributed by atoms with Gasteiger partial charge in [0.05, 0.1) is 24.3 Å². The van der Waals surface area contributed by atoms with Crippen molar-refractivity contribution in [2.45, 2.75) is 23.1 Å². The average molecular weight is 487 g/mol. The molecule has 1 aromatic carbocycles. The summed E-state index contributed by atoms with van der Waals surface area (Å²) in [6, 6.07) is 12.8. The first-order valence-corrected chi connectivity index (χ1v) is 13.5. The second-order valence-electron chi connectivity index (χ2n) is 8.26. The van der Waals surface area contributed by atoms with Gasteiger partial charge in [-0.2, -0.15) is 0 Å². The summed E-state index contributed by atoms with van der Waals surface area (Å²) in [7, 11) is -3.48. The van der Waals surface area contributed by atoms with E-state index in [-0.39, 0.29) is 11.9 Å². The fourth-order valence-electron chi connectivity index (χ4n) is 4.36. The molecule has 174 valence electrons. The zero-order valence-corrected chi connectivity index (χ0v) is 19.8. The predicted molar refractivity (Wildman–Crippen MR) is 128 cm³/mol. The molecule has 2 fully saturated rings. The number of fused-ring (bicyclic) bond motifs is 1. The first kappa shape index (κ1) is 22.3.